The van der Waals surface area contributed by atoms with E-state index >= 15 is 0 Å². The Hall–Kier alpha value is -1.09. The first kappa shape index (κ1) is 14.3. The molecule has 2 N–H and O–H groups in total. The smallest absolute Gasteiger partial charge is 0.129 e. The predicted octanol–water partition coefficient (Wildman–Crippen LogP) is 3.81. The van der Waals surface area contributed by atoms with Gasteiger partial charge in [0.05, 0.1) is 0 Å². The van der Waals surface area contributed by atoms with Crippen molar-refractivity contribution in [2.45, 2.75) is 58.1 Å². The first-order valence-electron chi connectivity index (χ1n) is 7.28. The van der Waals surface area contributed by atoms with Crippen molar-refractivity contribution in [2.75, 3.05) is 0 Å². The third-order valence-electron chi connectivity index (χ3n) is 4.08. The summed E-state index contributed by atoms with van der Waals surface area (Å²) in [4.78, 5) is 0. The van der Waals surface area contributed by atoms with E-state index in [-0.39, 0.29) is 18.0 Å². The van der Waals surface area contributed by atoms with Crippen LogP contribution < -0.4 is 10.5 Å². The number of benzene rings is 1. The largest absolute Gasteiger partial charge is 0.489 e. The molecular weight excluding hydrogens is 241 g/mol. The molecule has 2 rings (SSSR count). The Bertz CT molecular complexity index is 421. The van der Waals surface area contributed by atoms with Gasteiger partial charge in [0.25, 0.3) is 0 Å². The second kappa shape index (κ2) is 6.38. The molecule has 1 aliphatic rings. The Balaban J connectivity index is 2.01. The van der Waals surface area contributed by atoms with Crippen LogP contribution in [-0.4, -0.2) is 12.1 Å². The van der Waals surface area contributed by atoms with E-state index < -0.39 is 0 Å². The summed E-state index contributed by atoms with van der Waals surface area (Å²) in [6, 6.07) is 5.11. The number of ether oxygens (including phenoxy) is 1. The zero-order valence-electron chi connectivity index (χ0n) is 11.9. The molecule has 0 spiro atoms. The van der Waals surface area contributed by atoms with Gasteiger partial charge in [0.15, 0.2) is 0 Å². The van der Waals surface area contributed by atoms with E-state index in [1.165, 1.54) is 25.3 Å². The van der Waals surface area contributed by atoms with E-state index in [0.29, 0.717) is 17.2 Å². The van der Waals surface area contributed by atoms with Crippen LogP contribution in [0.15, 0.2) is 18.2 Å². The highest BCUT2D eigenvalue weighted by molar-refractivity contribution is 5.28. The number of hydrogen-bond donors (Lipinski definition) is 1. The van der Waals surface area contributed by atoms with Crippen molar-refractivity contribution in [3.05, 3.63) is 29.6 Å². The predicted molar refractivity (Wildman–Crippen MR) is 75.8 cm³/mol. The van der Waals surface area contributed by atoms with Gasteiger partial charge in [-0.2, -0.15) is 0 Å². The molecule has 0 aliphatic heterocycles. The fraction of sp³-hybridized carbons (Fsp3) is 0.625. The lowest BCUT2D eigenvalue weighted by Gasteiger charge is -2.34. The van der Waals surface area contributed by atoms with Gasteiger partial charge in [-0.3, -0.25) is 0 Å². The van der Waals surface area contributed by atoms with Gasteiger partial charge in [-0.25, -0.2) is 4.39 Å². The monoisotopic (exact) mass is 265 g/mol. The quantitative estimate of drug-likeness (QED) is 0.898. The van der Waals surface area contributed by atoms with E-state index in [2.05, 4.69) is 6.92 Å². The molecular formula is C16H24FNO. The van der Waals surface area contributed by atoms with Gasteiger partial charge in [0.2, 0.25) is 0 Å². The maximum absolute atomic E-state index is 13.5. The lowest BCUT2D eigenvalue weighted by molar-refractivity contribution is 0.0989. The van der Waals surface area contributed by atoms with Gasteiger partial charge in [0, 0.05) is 12.1 Å². The zero-order valence-corrected chi connectivity index (χ0v) is 11.9. The normalized spacial score (nSPS) is 27.3. The molecule has 1 fully saturated rings. The van der Waals surface area contributed by atoms with Crippen LogP contribution in [0.25, 0.3) is 0 Å². The van der Waals surface area contributed by atoms with Crippen molar-refractivity contribution in [1.82, 2.24) is 0 Å². The Morgan fingerprint density at radius 1 is 1.37 bits per heavy atom. The molecule has 19 heavy (non-hydrogen) atoms. The summed E-state index contributed by atoms with van der Waals surface area (Å²) in [6.07, 6.45) is 5.64. The lowest BCUT2D eigenvalue weighted by atomic mass is 9.82. The van der Waals surface area contributed by atoms with Gasteiger partial charge >= 0.3 is 0 Å². The van der Waals surface area contributed by atoms with Crippen LogP contribution in [0.5, 0.6) is 5.75 Å². The van der Waals surface area contributed by atoms with E-state index in [0.717, 1.165) is 12.8 Å². The summed E-state index contributed by atoms with van der Waals surface area (Å²) in [6.45, 7) is 3.96. The standard InChI is InChI=1S/C16H24FNO/c1-3-4-12-6-8-15(18)16(9-12)19-13-7-5-11(2)14(17)10-13/h5,7,10,12,15-16H,3-4,6,8-9,18H2,1-2H3. The molecule has 3 atom stereocenters. The average Bonchev–Trinajstić information content (AvgIpc) is 2.38. The van der Waals surface area contributed by atoms with E-state index in [9.17, 15) is 4.39 Å². The van der Waals surface area contributed by atoms with Crippen LogP contribution in [0, 0.1) is 18.7 Å². The van der Waals surface area contributed by atoms with Crippen LogP contribution in [0.2, 0.25) is 0 Å². The van der Waals surface area contributed by atoms with Crippen LogP contribution in [0.4, 0.5) is 4.39 Å². The SMILES string of the molecule is CCCC1CCC(N)C(Oc2ccc(C)c(F)c2)C1. The Kier molecular flexibility index (Phi) is 4.81. The number of aryl methyl sites for hydroxylation is 1. The van der Waals surface area contributed by atoms with Crippen LogP contribution >= 0.6 is 0 Å². The van der Waals surface area contributed by atoms with Crippen molar-refractivity contribution >= 4 is 0 Å². The first-order valence-corrected chi connectivity index (χ1v) is 7.28. The second-order valence-corrected chi connectivity index (χ2v) is 5.70. The molecule has 1 saturated carbocycles. The average molecular weight is 265 g/mol. The molecule has 3 unspecified atom stereocenters. The zero-order chi connectivity index (χ0) is 13.8. The van der Waals surface area contributed by atoms with Gasteiger partial charge < -0.3 is 10.5 Å². The molecule has 0 amide bonds. The molecule has 1 aromatic carbocycles. The molecule has 3 heteroatoms. The minimum absolute atomic E-state index is 0.0207. The van der Waals surface area contributed by atoms with Crippen molar-refractivity contribution < 1.29 is 9.13 Å². The summed E-state index contributed by atoms with van der Waals surface area (Å²) in [5.74, 6) is 1.08. The Morgan fingerprint density at radius 3 is 2.84 bits per heavy atom. The van der Waals surface area contributed by atoms with Crippen molar-refractivity contribution in [2.24, 2.45) is 11.7 Å². The molecule has 0 heterocycles. The summed E-state index contributed by atoms with van der Waals surface area (Å²) >= 11 is 0. The summed E-state index contributed by atoms with van der Waals surface area (Å²) in [7, 11) is 0. The Labute approximate surface area is 115 Å². The van der Waals surface area contributed by atoms with Gasteiger partial charge in [0.1, 0.15) is 17.7 Å². The molecule has 0 radical (unpaired) electrons. The highest BCUT2D eigenvalue weighted by Gasteiger charge is 2.29. The minimum atomic E-state index is -0.216. The van der Waals surface area contributed by atoms with Crippen LogP contribution in [0.3, 0.4) is 0 Å². The molecule has 0 bridgehead atoms. The third kappa shape index (κ3) is 3.69. The van der Waals surface area contributed by atoms with Crippen LogP contribution in [-0.2, 0) is 0 Å². The highest BCUT2D eigenvalue weighted by atomic mass is 19.1. The molecule has 1 aliphatic carbocycles. The Morgan fingerprint density at radius 2 is 2.16 bits per heavy atom. The van der Waals surface area contributed by atoms with E-state index in [1.807, 2.05) is 6.07 Å². The lowest BCUT2D eigenvalue weighted by Crippen LogP contribution is -2.43. The third-order valence-corrected chi connectivity index (χ3v) is 4.08. The van der Waals surface area contributed by atoms with Gasteiger partial charge in [-0.15, -0.1) is 0 Å². The highest BCUT2D eigenvalue weighted by Crippen LogP contribution is 2.30. The summed E-state index contributed by atoms with van der Waals surface area (Å²) < 4.78 is 19.4. The molecule has 2 nitrogen and oxygen atoms in total. The number of halogens is 1. The van der Waals surface area contributed by atoms with Gasteiger partial charge in [-0.05, 0) is 43.7 Å². The fourth-order valence-electron chi connectivity index (χ4n) is 2.86. The van der Waals surface area contributed by atoms with Crippen molar-refractivity contribution in [1.29, 1.82) is 0 Å². The first-order chi connectivity index (χ1) is 9.10. The molecule has 1 aromatic rings. The number of nitrogens with two attached hydrogens (primary N) is 1. The topological polar surface area (TPSA) is 35.2 Å². The number of hydrogen-bond acceptors (Lipinski definition) is 2. The van der Waals surface area contributed by atoms with Gasteiger partial charge in [-0.1, -0.05) is 25.8 Å². The summed E-state index contributed by atoms with van der Waals surface area (Å²) in [5.41, 5.74) is 6.78. The maximum Gasteiger partial charge on any atom is 0.129 e. The van der Waals surface area contributed by atoms with E-state index in [1.54, 1.807) is 13.0 Å². The molecule has 0 aromatic heterocycles. The maximum atomic E-state index is 13.5. The van der Waals surface area contributed by atoms with E-state index in [4.69, 9.17) is 10.5 Å². The number of rotatable bonds is 4. The molecule has 0 saturated heterocycles. The second-order valence-electron chi connectivity index (χ2n) is 5.70. The van der Waals surface area contributed by atoms with Crippen molar-refractivity contribution in [3.8, 4) is 5.75 Å². The summed E-state index contributed by atoms with van der Waals surface area (Å²) in [5, 5.41) is 0. The van der Waals surface area contributed by atoms with Crippen LogP contribution in [0.1, 0.15) is 44.6 Å². The van der Waals surface area contributed by atoms with Crippen molar-refractivity contribution in [3.63, 3.8) is 0 Å². The minimum Gasteiger partial charge on any atom is -0.489 e. The fourth-order valence-corrected chi connectivity index (χ4v) is 2.86. The molecule has 106 valence electrons.